The molecule has 0 bridgehead atoms. The third-order valence-electron chi connectivity index (χ3n) is 5.33. The monoisotopic (exact) mass is 387 g/mol. The third-order valence-corrected chi connectivity index (χ3v) is 5.33. The molecule has 1 aliphatic heterocycles. The zero-order valence-corrected chi connectivity index (χ0v) is 16.3. The van der Waals surface area contributed by atoms with Gasteiger partial charge in [0.05, 0.1) is 29.5 Å². The Kier molecular flexibility index (Phi) is 5.81. The molecule has 0 spiro atoms. The van der Waals surface area contributed by atoms with Gasteiger partial charge in [-0.1, -0.05) is 24.3 Å². The van der Waals surface area contributed by atoms with Crippen LogP contribution in [-0.4, -0.2) is 40.4 Å². The number of nitrogens with one attached hydrogen (secondary N) is 2. The maximum atomic E-state index is 9.34. The summed E-state index contributed by atoms with van der Waals surface area (Å²) in [7, 11) is 0. The van der Waals surface area contributed by atoms with Gasteiger partial charge in [-0.15, -0.1) is 0 Å². The molecule has 0 unspecified atom stereocenters. The molecule has 6 heteroatoms. The van der Waals surface area contributed by atoms with Gasteiger partial charge in [0.15, 0.2) is 0 Å². The zero-order valence-electron chi connectivity index (χ0n) is 16.3. The number of aliphatic hydroxyl groups is 1. The van der Waals surface area contributed by atoms with Crippen molar-refractivity contribution in [2.75, 3.05) is 18.0 Å². The second-order valence-electron chi connectivity index (χ2n) is 7.24. The van der Waals surface area contributed by atoms with E-state index in [0.717, 1.165) is 53.8 Å². The molecule has 0 radical (unpaired) electrons. The molecular weight excluding hydrogens is 362 g/mol. The van der Waals surface area contributed by atoms with Gasteiger partial charge in [0.2, 0.25) is 0 Å². The van der Waals surface area contributed by atoms with E-state index in [0.29, 0.717) is 11.7 Å². The van der Waals surface area contributed by atoms with Crippen molar-refractivity contribution >= 4 is 28.5 Å². The molecule has 148 valence electrons. The molecule has 2 heterocycles. The predicted molar refractivity (Wildman–Crippen MR) is 117 cm³/mol. The quantitative estimate of drug-likeness (QED) is 0.565. The lowest BCUT2D eigenvalue weighted by Crippen LogP contribution is -2.41. The Hall–Kier alpha value is -3.25. The van der Waals surface area contributed by atoms with Gasteiger partial charge < -0.3 is 20.7 Å². The largest absolute Gasteiger partial charge is 0.392 e. The molecule has 3 N–H and O–H groups in total. The van der Waals surface area contributed by atoms with Gasteiger partial charge >= 0.3 is 0 Å². The molecule has 0 amide bonds. The number of allylic oxidation sites excluding steroid dienone is 1. The van der Waals surface area contributed by atoms with E-state index in [1.165, 1.54) is 6.21 Å². The van der Waals surface area contributed by atoms with Crippen LogP contribution >= 0.6 is 0 Å². The van der Waals surface area contributed by atoms with E-state index in [4.69, 9.17) is 5.41 Å². The molecule has 0 atom stereocenters. The summed E-state index contributed by atoms with van der Waals surface area (Å²) in [5.41, 5.74) is 5.21. The Bertz CT molecular complexity index is 1020. The fourth-order valence-electron chi connectivity index (χ4n) is 3.65. The van der Waals surface area contributed by atoms with Gasteiger partial charge in [0, 0.05) is 42.8 Å². The molecular formula is C23H25N5O. The minimum Gasteiger partial charge on any atom is -0.392 e. The Morgan fingerprint density at radius 1 is 1.14 bits per heavy atom. The van der Waals surface area contributed by atoms with Crippen LogP contribution in [0.3, 0.4) is 0 Å². The summed E-state index contributed by atoms with van der Waals surface area (Å²) < 4.78 is 0. The van der Waals surface area contributed by atoms with Crippen LogP contribution in [0, 0.1) is 5.41 Å². The molecule has 29 heavy (non-hydrogen) atoms. The number of anilines is 1. The van der Waals surface area contributed by atoms with E-state index in [1.54, 1.807) is 6.20 Å². The first-order valence-corrected chi connectivity index (χ1v) is 9.90. The van der Waals surface area contributed by atoms with E-state index in [1.807, 2.05) is 42.6 Å². The normalized spacial score (nSPS) is 15.5. The van der Waals surface area contributed by atoms with Gasteiger partial charge in [-0.05, 0) is 42.7 Å². The molecule has 4 rings (SSSR count). The van der Waals surface area contributed by atoms with Gasteiger partial charge in [-0.3, -0.25) is 4.98 Å². The molecule has 2 aromatic carbocycles. The molecule has 1 aromatic heterocycles. The second kappa shape index (κ2) is 8.84. The van der Waals surface area contributed by atoms with Crippen LogP contribution in [-0.2, 0) is 6.61 Å². The topological polar surface area (TPSA) is 85.1 Å². The number of fused-ring (bicyclic) bond motifs is 1. The SMILES string of the molecule is N=C/C(=C\NC1CCN(c2cccc(CO)c2)CC1)c1cnc2ccccc2n1. The second-order valence-corrected chi connectivity index (χ2v) is 7.24. The van der Waals surface area contributed by atoms with Gasteiger partial charge in [-0.25, -0.2) is 4.98 Å². The maximum Gasteiger partial charge on any atom is 0.0922 e. The number of nitrogens with zero attached hydrogens (tertiary/aromatic N) is 3. The van der Waals surface area contributed by atoms with Crippen LogP contribution in [0.5, 0.6) is 0 Å². The smallest absolute Gasteiger partial charge is 0.0922 e. The van der Waals surface area contributed by atoms with Crippen LogP contribution in [0.15, 0.2) is 60.9 Å². The van der Waals surface area contributed by atoms with E-state index < -0.39 is 0 Å². The first-order valence-electron chi connectivity index (χ1n) is 9.90. The predicted octanol–water partition coefficient (Wildman–Crippen LogP) is 3.37. The first-order chi connectivity index (χ1) is 14.3. The molecule has 3 aromatic rings. The Labute approximate surface area is 170 Å². The Morgan fingerprint density at radius 3 is 2.69 bits per heavy atom. The van der Waals surface area contributed by atoms with Crippen LogP contribution < -0.4 is 10.2 Å². The van der Waals surface area contributed by atoms with Crippen molar-refractivity contribution in [3.8, 4) is 0 Å². The van der Waals surface area contributed by atoms with Gasteiger partial charge in [-0.2, -0.15) is 0 Å². The third kappa shape index (κ3) is 4.43. The van der Waals surface area contributed by atoms with Crippen molar-refractivity contribution in [3.05, 3.63) is 72.2 Å². The van der Waals surface area contributed by atoms with Crippen LogP contribution in [0.4, 0.5) is 5.69 Å². The highest BCUT2D eigenvalue weighted by Gasteiger charge is 2.19. The van der Waals surface area contributed by atoms with Gasteiger partial charge in [0.1, 0.15) is 0 Å². The summed E-state index contributed by atoms with van der Waals surface area (Å²) >= 11 is 0. The number of aromatic nitrogens is 2. The Morgan fingerprint density at radius 2 is 1.93 bits per heavy atom. The minimum absolute atomic E-state index is 0.0702. The first kappa shape index (κ1) is 19.1. The van der Waals surface area contributed by atoms with Crippen molar-refractivity contribution in [1.29, 1.82) is 5.41 Å². The molecule has 1 saturated heterocycles. The highest BCUT2D eigenvalue weighted by Crippen LogP contribution is 2.22. The van der Waals surface area contributed by atoms with Crippen molar-refractivity contribution in [2.45, 2.75) is 25.5 Å². The fourth-order valence-corrected chi connectivity index (χ4v) is 3.65. The van der Waals surface area contributed by atoms with Crippen molar-refractivity contribution < 1.29 is 5.11 Å². The number of piperidine rings is 1. The van der Waals surface area contributed by atoms with E-state index >= 15 is 0 Å². The number of benzene rings is 2. The average molecular weight is 387 g/mol. The van der Waals surface area contributed by atoms with Gasteiger partial charge in [0.25, 0.3) is 0 Å². The van der Waals surface area contributed by atoms with Crippen molar-refractivity contribution in [2.24, 2.45) is 0 Å². The fraction of sp³-hybridized carbons (Fsp3) is 0.261. The number of hydrogen-bond acceptors (Lipinski definition) is 6. The van der Waals surface area contributed by atoms with Crippen LogP contribution in [0.2, 0.25) is 0 Å². The zero-order chi connectivity index (χ0) is 20.1. The lowest BCUT2D eigenvalue weighted by molar-refractivity contribution is 0.282. The summed E-state index contributed by atoms with van der Waals surface area (Å²) in [5.74, 6) is 0. The summed E-state index contributed by atoms with van der Waals surface area (Å²) in [6.45, 7) is 1.98. The van der Waals surface area contributed by atoms with Crippen LogP contribution in [0.1, 0.15) is 24.1 Å². The molecule has 1 fully saturated rings. The van der Waals surface area contributed by atoms with E-state index in [-0.39, 0.29) is 6.61 Å². The highest BCUT2D eigenvalue weighted by atomic mass is 16.3. The molecule has 0 aliphatic carbocycles. The number of rotatable bonds is 6. The standard InChI is InChI=1S/C23H25N5O/c24-13-18(23-15-26-21-6-1-2-7-22(21)27-23)14-25-19-8-10-28(11-9-19)20-5-3-4-17(12-20)16-29/h1-7,12-15,19,24-25,29H,8-11,16H2/b18-14+,24-13?. The lowest BCUT2D eigenvalue weighted by atomic mass is 10.0. The summed E-state index contributed by atoms with van der Waals surface area (Å²) in [6, 6.07) is 16.2. The minimum atomic E-state index is 0.0702. The molecule has 6 nitrogen and oxygen atoms in total. The molecule has 1 aliphatic rings. The van der Waals surface area contributed by atoms with Crippen molar-refractivity contribution in [1.82, 2.24) is 15.3 Å². The lowest BCUT2D eigenvalue weighted by Gasteiger charge is -2.34. The average Bonchev–Trinajstić information content (AvgIpc) is 2.80. The highest BCUT2D eigenvalue weighted by molar-refractivity contribution is 6.07. The number of hydrogen-bond donors (Lipinski definition) is 3. The summed E-state index contributed by atoms with van der Waals surface area (Å²) in [6.07, 6.45) is 6.94. The Balaban J connectivity index is 1.39. The summed E-state index contributed by atoms with van der Waals surface area (Å²) in [5, 5.41) is 20.6. The van der Waals surface area contributed by atoms with E-state index in [2.05, 4.69) is 32.3 Å². The summed E-state index contributed by atoms with van der Waals surface area (Å²) in [4.78, 5) is 11.4. The molecule has 0 saturated carbocycles. The maximum absolute atomic E-state index is 9.34. The van der Waals surface area contributed by atoms with Crippen molar-refractivity contribution in [3.63, 3.8) is 0 Å². The van der Waals surface area contributed by atoms with E-state index in [9.17, 15) is 5.11 Å². The van der Waals surface area contributed by atoms with Crippen LogP contribution in [0.25, 0.3) is 16.6 Å². The number of para-hydroxylation sites is 2. The number of aliphatic hydroxyl groups excluding tert-OH is 1.